The van der Waals surface area contributed by atoms with Crippen molar-refractivity contribution >= 4 is 21.8 Å². The van der Waals surface area contributed by atoms with E-state index in [1.54, 1.807) is 17.3 Å². The van der Waals surface area contributed by atoms with E-state index in [4.69, 9.17) is 0 Å². The molecule has 1 aliphatic rings. The van der Waals surface area contributed by atoms with E-state index >= 15 is 0 Å². The molecule has 2 amide bonds. The van der Waals surface area contributed by atoms with E-state index in [1.165, 1.54) is 0 Å². The van der Waals surface area contributed by atoms with Gasteiger partial charge in [0.1, 0.15) is 0 Å². The molecule has 33 heavy (non-hydrogen) atoms. The van der Waals surface area contributed by atoms with Gasteiger partial charge in [0.25, 0.3) is 0 Å². The van der Waals surface area contributed by atoms with Gasteiger partial charge in [-0.3, -0.25) is 9.59 Å². The van der Waals surface area contributed by atoms with Crippen molar-refractivity contribution in [2.45, 2.75) is 63.9 Å². The maximum Gasteiger partial charge on any atom is 0.309 e. The monoisotopic (exact) mass is 471 g/mol. The van der Waals surface area contributed by atoms with Crippen LogP contribution in [0.15, 0.2) is 47.4 Å². The van der Waals surface area contributed by atoms with E-state index in [0.717, 1.165) is 41.5 Å². The van der Waals surface area contributed by atoms with E-state index in [-0.39, 0.29) is 19.1 Å². The molecule has 0 saturated carbocycles. The Balaban J connectivity index is 1.55. The largest absolute Gasteiger partial charge is 0.348 e. The molecule has 1 fully saturated rings. The molecule has 7 nitrogen and oxygen atoms in total. The van der Waals surface area contributed by atoms with E-state index in [9.17, 15) is 18.0 Å². The molecule has 1 saturated heterocycles. The minimum Gasteiger partial charge on any atom is -0.348 e. The number of piperidine rings is 1. The van der Waals surface area contributed by atoms with Crippen LogP contribution < -0.4 is 10.6 Å². The molecule has 0 bridgehead atoms. The molecule has 2 aromatic carbocycles. The molecule has 8 heteroatoms. The fourth-order valence-corrected chi connectivity index (χ4v) is 6.13. The predicted molar refractivity (Wildman–Crippen MR) is 128 cm³/mol. The Morgan fingerprint density at radius 2 is 1.61 bits per heavy atom. The second-order valence-electron chi connectivity index (χ2n) is 8.75. The summed E-state index contributed by atoms with van der Waals surface area (Å²) in [5.41, 5.74) is 3.66. The molecular weight excluding hydrogens is 438 g/mol. The number of carbonyl (C=O) groups is 2. The maximum atomic E-state index is 13.4. The average molecular weight is 472 g/mol. The first kappa shape index (κ1) is 24.9. The highest BCUT2D eigenvalue weighted by Gasteiger charge is 2.34. The normalized spacial score (nSPS) is 16.9. The topological polar surface area (TPSA) is 95.6 Å². The number of benzene rings is 2. The van der Waals surface area contributed by atoms with Crippen LogP contribution in [0.2, 0.25) is 0 Å². The van der Waals surface area contributed by atoms with Gasteiger partial charge in [-0.2, -0.15) is 4.31 Å². The summed E-state index contributed by atoms with van der Waals surface area (Å²) in [6, 6.07) is 12.9. The highest BCUT2D eigenvalue weighted by atomic mass is 32.2. The number of sulfonamides is 1. The van der Waals surface area contributed by atoms with Crippen LogP contribution in [0.25, 0.3) is 0 Å². The zero-order chi connectivity index (χ0) is 24.0. The van der Waals surface area contributed by atoms with Crippen molar-refractivity contribution in [2.75, 3.05) is 13.1 Å². The minimum atomic E-state index is -3.63. The number of nitrogens with zero attached hydrogens (tertiary/aromatic N) is 1. The van der Waals surface area contributed by atoms with Crippen LogP contribution in [0, 0.1) is 20.8 Å². The summed E-state index contributed by atoms with van der Waals surface area (Å²) in [7, 11) is -3.63. The lowest BCUT2D eigenvalue weighted by atomic mass is 10.0. The second kappa shape index (κ2) is 10.9. The maximum absolute atomic E-state index is 13.4. The molecule has 0 radical (unpaired) electrons. The van der Waals surface area contributed by atoms with Gasteiger partial charge in [0.15, 0.2) is 0 Å². The number of hydrogen-bond donors (Lipinski definition) is 2. The quantitative estimate of drug-likeness (QED) is 0.607. The Labute approximate surface area is 196 Å². The lowest BCUT2D eigenvalue weighted by Crippen LogP contribution is -2.46. The lowest BCUT2D eigenvalue weighted by Gasteiger charge is -2.35. The molecule has 0 aliphatic carbocycles. The van der Waals surface area contributed by atoms with Crippen LogP contribution in [0.5, 0.6) is 0 Å². The SMILES string of the molecule is Cc1ccc(CNC(=O)C(=O)NCCC2CCCCN2S(=O)(=O)c2cc(C)ccc2C)cc1. The van der Waals surface area contributed by atoms with E-state index in [2.05, 4.69) is 10.6 Å². The van der Waals surface area contributed by atoms with Crippen LogP contribution in [0.4, 0.5) is 0 Å². The Kier molecular flexibility index (Phi) is 8.26. The van der Waals surface area contributed by atoms with Crippen LogP contribution in [-0.2, 0) is 26.2 Å². The first-order chi connectivity index (χ1) is 15.7. The van der Waals surface area contributed by atoms with Crippen molar-refractivity contribution in [3.63, 3.8) is 0 Å². The number of rotatable bonds is 7. The third kappa shape index (κ3) is 6.42. The predicted octanol–water partition coefficient (Wildman–Crippen LogP) is 2.98. The standard InChI is InChI=1S/C25H33N3O4S/c1-18-8-11-21(12-9-18)17-27-25(30)24(29)26-14-13-22-6-4-5-15-28(22)33(31,32)23-16-19(2)7-10-20(23)3/h7-12,16,22H,4-6,13-15,17H2,1-3H3,(H,26,29)(H,27,30). The smallest absolute Gasteiger partial charge is 0.309 e. The zero-order valence-corrected chi connectivity index (χ0v) is 20.4. The fraction of sp³-hybridized carbons (Fsp3) is 0.440. The fourth-order valence-electron chi connectivity index (χ4n) is 4.09. The number of aryl methyl sites for hydroxylation is 3. The van der Waals surface area contributed by atoms with Crippen molar-refractivity contribution in [3.8, 4) is 0 Å². The van der Waals surface area contributed by atoms with Crippen molar-refractivity contribution in [1.82, 2.24) is 14.9 Å². The number of hydrogen-bond acceptors (Lipinski definition) is 4. The molecule has 1 atom stereocenters. The van der Waals surface area contributed by atoms with Crippen LogP contribution in [0.3, 0.4) is 0 Å². The molecule has 3 rings (SSSR count). The summed E-state index contributed by atoms with van der Waals surface area (Å²) in [5.74, 6) is -1.40. The third-order valence-corrected chi connectivity index (χ3v) is 8.14. The van der Waals surface area contributed by atoms with Gasteiger partial charge < -0.3 is 10.6 Å². The van der Waals surface area contributed by atoms with Crippen molar-refractivity contribution < 1.29 is 18.0 Å². The van der Waals surface area contributed by atoms with Gasteiger partial charge in [-0.25, -0.2) is 8.42 Å². The molecule has 0 spiro atoms. The van der Waals surface area contributed by atoms with Gasteiger partial charge in [0.05, 0.1) is 4.90 Å². The molecule has 178 valence electrons. The minimum absolute atomic E-state index is 0.209. The second-order valence-corrected chi connectivity index (χ2v) is 10.6. The molecule has 1 aliphatic heterocycles. The Morgan fingerprint density at radius 3 is 2.33 bits per heavy atom. The molecule has 2 aromatic rings. The Bertz CT molecular complexity index is 1100. The summed E-state index contributed by atoms with van der Waals surface area (Å²) in [5, 5.41) is 5.25. The summed E-state index contributed by atoms with van der Waals surface area (Å²) >= 11 is 0. The first-order valence-corrected chi connectivity index (χ1v) is 12.8. The number of amides is 2. The van der Waals surface area contributed by atoms with Crippen molar-refractivity contribution in [1.29, 1.82) is 0 Å². The van der Waals surface area contributed by atoms with Gasteiger partial charge in [-0.05, 0) is 62.8 Å². The van der Waals surface area contributed by atoms with Crippen molar-refractivity contribution in [2.24, 2.45) is 0 Å². The number of carbonyl (C=O) groups excluding carboxylic acids is 2. The molecule has 1 heterocycles. The summed E-state index contributed by atoms with van der Waals surface area (Å²) < 4.78 is 28.4. The highest BCUT2D eigenvalue weighted by Crippen LogP contribution is 2.29. The molecular formula is C25H33N3O4S. The lowest BCUT2D eigenvalue weighted by molar-refractivity contribution is -0.139. The first-order valence-electron chi connectivity index (χ1n) is 11.4. The van der Waals surface area contributed by atoms with E-state index in [1.807, 2.05) is 50.2 Å². The summed E-state index contributed by atoms with van der Waals surface area (Å²) in [6.45, 7) is 6.64. The van der Waals surface area contributed by atoms with Crippen LogP contribution in [0.1, 0.15) is 47.9 Å². The van der Waals surface area contributed by atoms with Gasteiger partial charge in [-0.15, -0.1) is 0 Å². The van der Waals surface area contributed by atoms with Gasteiger partial charge >= 0.3 is 11.8 Å². The third-order valence-electron chi connectivity index (χ3n) is 6.05. The van der Waals surface area contributed by atoms with Crippen LogP contribution in [-0.4, -0.2) is 43.7 Å². The van der Waals surface area contributed by atoms with E-state index in [0.29, 0.717) is 17.9 Å². The van der Waals surface area contributed by atoms with Crippen LogP contribution >= 0.6 is 0 Å². The summed E-state index contributed by atoms with van der Waals surface area (Å²) in [4.78, 5) is 24.6. The van der Waals surface area contributed by atoms with Crippen molar-refractivity contribution in [3.05, 3.63) is 64.7 Å². The number of nitrogens with one attached hydrogen (secondary N) is 2. The van der Waals surface area contributed by atoms with Gasteiger partial charge in [0, 0.05) is 25.7 Å². The molecule has 0 aromatic heterocycles. The Morgan fingerprint density at radius 1 is 0.939 bits per heavy atom. The molecule has 2 N–H and O–H groups in total. The average Bonchev–Trinajstić information content (AvgIpc) is 2.80. The zero-order valence-electron chi connectivity index (χ0n) is 19.6. The Hall–Kier alpha value is -2.71. The summed E-state index contributed by atoms with van der Waals surface area (Å²) in [6.07, 6.45) is 2.95. The molecule has 1 unspecified atom stereocenters. The van der Waals surface area contributed by atoms with E-state index < -0.39 is 21.8 Å². The van der Waals surface area contributed by atoms with Gasteiger partial charge in [-0.1, -0.05) is 48.4 Å². The highest BCUT2D eigenvalue weighted by molar-refractivity contribution is 7.89. The van der Waals surface area contributed by atoms with Gasteiger partial charge in [0.2, 0.25) is 10.0 Å².